The molecular formula is C24H43N3O4. The summed E-state index contributed by atoms with van der Waals surface area (Å²) in [4.78, 5) is 28.2. The second-order valence-electron chi connectivity index (χ2n) is 9.63. The first-order valence-electron chi connectivity index (χ1n) is 10.9. The molecule has 0 saturated carbocycles. The van der Waals surface area contributed by atoms with Crippen LogP contribution in [0.3, 0.4) is 0 Å². The molecule has 0 aliphatic carbocycles. The fraction of sp³-hybridized carbons (Fsp3) is 0.667. The van der Waals surface area contributed by atoms with Crippen LogP contribution >= 0.6 is 0 Å². The van der Waals surface area contributed by atoms with E-state index in [4.69, 9.17) is 15.2 Å². The Morgan fingerprint density at radius 3 is 1.87 bits per heavy atom. The highest BCUT2D eigenvalue weighted by Gasteiger charge is 2.23. The van der Waals surface area contributed by atoms with Crippen LogP contribution in [0.4, 0.5) is 9.59 Å². The van der Waals surface area contributed by atoms with E-state index in [1.807, 2.05) is 54.5 Å². The monoisotopic (exact) mass is 437 g/mol. The number of hydrogen-bond acceptors (Lipinski definition) is 5. The van der Waals surface area contributed by atoms with E-state index in [1.54, 1.807) is 28.9 Å². The first kappa shape index (κ1) is 28.6. The number of amides is 2. The number of ether oxygens (including phenoxy) is 2. The van der Waals surface area contributed by atoms with Crippen molar-refractivity contribution in [1.29, 1.82) is 0 Å². The molecule has 0 aromatic rings. The van der Waals surface area contributed by atoms with Gasteiger partial charge in [0.05, 0.1) is 0 Å². The molecule has 0 aromatic heterocycles. The molecule has 0 spiro atoms. The van der Waals surface area contributed by atoms with E-state index >= 15 is 0 Å². The summed E-state index contributed by atoms with van der Waals surface area (Å²) in [6, 6.07) is 0. The second-order valence-corrected chi connectivity index (χ2v) is 9.63. The molecule has 0 aromatic carbocycles. The molecule has 2 amide bonds. The average molecular weight is 438 g/mol. The molecule has 0 aliphatic heterocycles. The maximum Gasteiger partial charge on any atom is 0.414 e. The minimum absolute atomic E-state index is 0.342. The third kappa shape index (κ3) is 14.2. The Hall–Kier alpha value is -2.44. The van der Waals surface area contributed by atoms with Crippen molar-refractivity contribution in [2.45, 2.75) is 85.9 Å². The Morgan fingerprint density at radius 2 is 1.39 bits per heavy atom. The highest BCUT2D eigenvalue weighted by Crippen LogP contribution is 2.16. The second kappa shape index (κ2) is 13.1. The lowest BCUT2D eigenvalue weighted by molar-refractivity contribution is 0.0269. The standard InChI is InChI=1S/C24H43N3O4/c1-10-16-26(21(28)30-23(4,5)6)17-12-11-13-18-27(20(3)15-14-19(2)25)22(29)31-24(7,8)9/h10,14-15H,1,11-13,16-18,25H2,2-9H3/b19-14+,20-15+. The number of unbranched alkanes of at least 4 members (excludes halogenated alkanes) is 2. The summed E-state index contributed by atoms with van der Waals surface area (Å²) in [7, 11) is 0. The van der Waals surface area contributed by atoms with Crippen molar-refractivity contribution < 1.29 is 19.1 Å². The normalized spacial score (nSPS) is 12.9. The molecule has 7 nitrogen and oxygen atoms in total. The van der Waals surface area contributed by atoms with Gasteiger partial charge in [-0.25, -0.2) is 9.59 Å². The zero-order valence-corrected chi connectivity index (χ0v) is 20.8. The maximum atomic E-state index is 12.7. The van der Waals surface area contributed by atoms with Gasteiger partial charge in [-0.1, -0.05) is 6.08 Å². The van der Waals surface area contributed by atoms with Gasteiger partial charge >= 0.3 is 12.2 Å². The van der Waals surface area contributed by atoms with Crippen molar-refractivity contribution in [3.8, 4) is 0 Å². The minimum Gasteiger partial charge on any atom is -0.444 e. The summed E-state index contributed by atoms with van der Waals surface area (Å²) in [5.74, 6) is 0. The molecule has 0 unspecified atom stereocenters. The first-order valence-corrected chi connectivity index (χ1v) is 10.9. The minimum atomic E-state index is -0.576. The van der Waals surface area contributed by atoms with Gasteiger partial charge in [-0.2, -0.15) is 0 Å². The van der Waals surface area contributed by atoms with Gasteiger partial charge in [0.15, 0.2) is 0 Å². The Morgan fingerprint density at radius 1 is 0.871 bits per heavy atom. The molecular weight excluding hydrogens is 394 g/mol. The fourth-order valence-electron chi connectivity index (χ4n) is 2.56. The molecule has 0 atom stereocenters. The SMILES string of the molecule is C=CCN(CCCCCN(C(=O)OC(C)(C)C)/C(C)=C/C=C(\C)N)C(=O)OC(C)(C)C. The van der Waals surface area contributed by atoms with Crippen LogP contribution in [0.15, 0.2) is 36.2 Å². The van der Waals surface area contributed by atoms with Gasteiger partial charge in [0.25, 0.3) is 0 Å². The Kier molecular flexibility index (Phi) is 12.0. The van der Waals surface area contributed by atoms with Crippen molar-refractivity contribution in [3.63, 3.8) is 0 Å². The largest absolute Gasteiger partial charge is 0.444 e. The van der Waals surface area contributed by atoms with Crippen LogP contribution in [0.25, 0.3) is 0 Å². The highest BCUT2D eigenvalue weighted by molar-refractivity contribution is 5.70. The molecule has 0 fully saturated rings. The lowest BCUT2D eigenvalue weighted by Gasteiger charge is -2.28. The smallest absolute Gasteiger partial charge is 0.414 e. The number of carbonyl (C=O) groups is 2. The van der Waals surface area contributed by atoms with Gasteiger partial charge in [-0.05, 0) is 86.8 Å². The summed E-state index contributed by atoms with van der Waals surface area (Å²) in [6.45, 7) is 20.0. The van der Waals surface area contributed by atoms with E-state index in [-0.39, 0.29) is 12.2 Å². The third-order valence-electron chi connectivity index (χ3n) is 3.94. The molecule has 7 heteroatoms. The average Bonchev–Trinajstić information content (AvgIpc) is 2.58. The van der Waals surface area contributed by atoms with E-state index in [2.05, 4.69) is 6.58 Å². The van der Waals surface area contributed by atoms with Crippen molar-refractivity contribution in [3.05, 3.63) is 36.2 Å². The predicted octanol–water partition coefficient (Wildman–Crippen LogP) is 5.58. The highest BCUT2D eigenvalue weighted by atomic mass is 16.6. The summed E-state index contributed by atoms with van der Waals surface area (Å²) in [5, 5.41) is 0. The molecule has 0 heterocycles. The van der Waals surface area contributed by atoms with Crippen LogP contribution in [-0.2, 0) is 9.47 Å². The molecule has 0 saturated heterocycles. The van der Waals surface area contributed by atoms with Crippen molar-refractivity contribution in [1.82, 2.24) is 9.80 Å². The molecule has 0 radical (unpaired) electrons. The predicted molar refractivity (Wildman–Crippen MR) is 126 cm³/mol. The van der Waals surface area contributed by atoms with Crippen LogP contribution < -0.4 is 5.73 Å². The molecule has 31 heavy (non-hydrogen) atoms. The summed E-state index contributed by atoms with van der Waals surface area (Å²) in [6.07, 6.45) is 6.95. The van der Waals surface area contributed by atoms with E-state index in [1.165, 1.54) is 0 Å². The van der Waals surface area contributed by atoms with Gasteiger partial charge in [0, 0.05) is 31.0 Å². The number of nitrogens with two attached hydrogens (primary N) is 1. The van der Waals surface area contributed by atoms with Crippen LogP contribution in [-0.4, -0.2) is 52.8 Å². The van der Waals surface area contributed by atoms with Gasteiger partial charge in [0.1, 0.15) is 11.2 Å². The van der Waals surface area contributed by atoms with E-state index < -0.39 is 11.2 Å². The zero-order chi connectivity index (χ0) is 24.2. The van der Waals surface area contributed by atoms with Gasteiger partial charge in [-0.15, -0.1) is 6.58 Å². The van der Waals surface area contributed by atoms with Crippen LogP contribution in [0.5, 0.6) is 0 Å². The van der Waals surface area contributed by atoms with Crippen LogP contribution in [0.2, 0.25) is 0 Å². The summed E-state index contributed by atoms with van der Waals surface area (Å²) in [5.41, 5.74) is 6.02. The number of rotatable bonds is 10. The Bertz CT molecular complexity index is 651. The molecule has 0 bridgehead atoms. The Labute approximate surface area is 188 Å². The quantitative estimate of drug-likeness (QED) is 0.274. The zero-order valence-electron chi connectivity index (χ0n) is 20.8. The molecule has 2 N–H and O–H groups in total. The lowest BCUT2D eigenvalue weighted by atomic mass is 10.2. The fourth-order valence-corrected chi connectivity index (χ4v) is 2.56. The van der Waals surface area contributed by atoms with Crippen LogP contribution in [0, 0.1) is 0 Å². The van der Waals surface area contributed by atoms with E-state index in [0.717, 1.165) is 25.0 Å². The molecule has 0 rings (SSSR count). The van der Waals surface area contributed by atoms with Crippen molar-refractivity contribution in [2.75, 3.05) is 19.6 Å². The van der Waals surface area contributed by atoms with Gasteiger partial charge in [-0.3, -0.25) is 4.90 Å². The van der Waals surface area contributed by atoms with Crippen LogP contribution in [0.1, 0.15) is 74.7 Å². The molecule has 0 aliphatic rings. The lowest BCUT2D eigenvalue weighted by Crippen LogP contribution is -2.37. The summed E-state index contributed by atoms with van der Waals surface area (Å²) >= 11 is 0. The number of carbonyl (C=O) groups excluding carboxylic acids is 2. The van der Waals surface area contributed by atoms with Gasteiger partial charge < -0.3 is 20.1 Å². The topological polar surface area (TPSA) is 85.1 Å². The Balaban J connectivity index is 4.90. The van der Waals surface area contributed by atoms with E-state index in [0.29, 0.717) is 25.3 Å². The number of nitrogens with zero attached hydrogens (tertiary/aromatic N) is 2. The number of allylic oxidation sites excluding steroid dienone is 4. The maximum absolute atomic E-state index is 12.7. The molecule has 178 valence electrons. The van der Waals surface area contributed by atoms with Gasteiger partial charge in [0.2, 0.25) is 0 Å². The van der Waals surface area contributed by atoms with E-state index in [9.17, 15) is 9.59 Å². The van der Waals surface area contributed by atoms with Crippen molar-refractivity contribution in [2.24, 2.45) is 5.73 Å². The number of hydrogen-bond donors (Lipinski definition) is 1. The summed E-state index contributed by atoms with van der Waals surface area (Å²) < 4.78 is 11.0. The first-order chi connectivity index (χ1) is 14.2. The van der Waals surface area contributed by atoms with Crippen molar-refractivity contribution >= 4 is 12.2 Å². The third-order valence-corrected chi connectivity index (χ3v) is 3.94.